The van der Waals surface area contributed by atoms with Gasteiger partial charge in [-0.05, 0) is 27.2 Å². The number of benzene rings is 1. The molecule has 7 heteroatoms. The van der Waals surface area contributed by atoms with Crippen molar-refractivity contribution in [2.45, 2.75) is 60.8 Å². The van der Waals surface area contributed by atoms with Crippen LogP contribution in [0, 0.1) is 12.8 Å². The van der Waals surface area contributed by atoms with Crippen molar-refractivity contribution < 1.29 is 29.3 Å². The van der Waals surface area contributed by atoms with Gasteiger partial charge in [0.05, 0.1) is 12.7 Å². The molecule has 174 valence electrons. The highest BCUT2D eigenvalue weighted by Crippen LogP contribution is 2.45. The van der Waals surface area contributed by atoms with E-state index in [1.165, 1.54) is 7.11 Å². The minimum Gasteiger partial charge on any atom is -0.507 e. The summed E-state index contributed by atoms with van der Waals surface area (Å²) in [5.74, 6) is -1.36. The number of carbonyl (C=O) groups excluding carboxylic acids is 1. The van der Waals surface area contributed by atoms with E-state index in [1.54, 1.807) is 33.8 Å². The van der Waals surface area contributed by atoms with Crippen molar-refractivity contribution in [2.24, 2.45) is 5.92 Å². The lowest BCUT2D eigenvalue weighted by molar-refractivity contribution is 0.0933. The van der Waals surface area contributed by atoms with Crippen LogP contribution in [0.4, 0.5) is 0 Å². The fourth-order valence-electron chi connectivity index (χ4n) is 3.59. The number of ketones is 1. The van der Waals surface area contributed by atoms with Gasteiger partial charge < -0.3 is 24.5 Å². The van der Waals surface area contributed by atoms with Gasteiger partial charge in [0.2, 0.25) is 0 Å². The number of Topliss-reactive ketones (excluding diaryl/α,β-unsaturated/α-hetero) is 1. The maximum absolute atomic E-state index is 13.0. The summed E-state index contributed by atoms with van der Waals surface area (Å²) in [6.07, 6.45) is 2.17. The van der Waals surface area contributed by atoms with Crippen molar-refractivity contribution in [3.63, 3.8) is 0 Å². The summed E-state index contributed by atoms with van der Waals surface area (Å²) in [6.45, 7) is 10.6. The zero-order valence-corrected chi connectivity index (χ0v) is 19.8. The number of ether oxygens (including phenoxy) is 1. The first-order chi connectivity index (χ1) is 15.0. The molecule has 7 nitrogen and oxygen atoms in total. The molecule has 1 aromatic carbocycles. The predicted molar refractivity (Wildman–Crippen MR) is 122 cm³/mol. The van der Waals surface area contributed by atoms with Crippen LogP contribution < -0.4 is 10.4 Å². The van der Waals surface area contributed by atoms with E-state index < -0.39 is 11.5 Å². The molecule has 0 aliphatic carbocycles. The monoisotopic (exact) mass is 444 g/mol. The van der Waals surface area contributed by atoms with Crippen LogP contribution in [0.15, 0.2) is 20.9 Å². The van der Waals surface area contributed by atoms with Crippen molar-refractivity contribution in [1.29, 1.82) is 0 Å². The number of aromatic hydroxyl groups is 3. The molecular formula is C25H32O7. The molecule has 3 N–H and O–H groups in total. The molecule has 0 fully saturated rings. The molecular weight excluding hydrogens is 412 g/mol. The quantitative estimate of drug-likeness (QED) is 0.403. The highest BCUT2D eigenvalue weighted by molar-refractivity contribution is 6.03. The van der Waals surface area contributed by atoms with Crippen LogP contribution in [0.1, 0.15) is 73.0 Å². The fourth-order valence-corrected chi connectivity index (χ4v) is 3.59. The van der Waals surface area contributed by atoms with Crippen LogP contribution in [-0.2, 0) is 19.3 Å². The van der Waals surface area contributed by atoms with Crippen LogP contribution in [0.5, 0.6) is 23.0 Å². The second kappa shape index (κ2) is 9.94. The molecule has 0 unspecified atom stereocenters. The van der Waals surface area contributed by atoms with Gasteiger partial charge in [0.25, 0.3) is 0 Å². The van der Waals surface area contributed by atoms with Crippen LogP contribution in [-0.4, -0.2) is 28.2 Å². The summed E-state index contributed by atoms with van der Waals surface area (Å²) in [5.41, 5.74) is 0.814. The summed E-state index contributed by atoms with van der Waals surface area (Å²) in [5, 5.41) is 32.6. The minimum absolute atomic E-state index is 0.0318. The number of allylic oxidation sites excluding steroid dienone is 2. The largest absolute Gasteiger partial charge is 0.507 e. The third kappa shape index (κ3) is 4.66. The van der Waals surface area contributed by atoms with E-state index in [2.05, 4.69) is 0 Å². The molecule has 0 saturated carbocycles. The molecule has 0 amide bonds. The normalized spacial score (nSPS) is 11.0. The zero-order chi connectivity index (χ0) is 24.3. The summed E-state index contributed by atoms with van der Waals surface area (Å²) in [4.78, 5) is 25.6. The Morgan fingerprint density at radius 1 is 1.06 bits per heavy atom. The van der Waals surface area contributed by atoms with Gasteiger partial charge in [-0.3, -0.25) is 4.79 Å². The zero-order valence-electron chi connectivity index (χ0n) is 19.8. The highest BCUT2D eigenvalue weighted by atomic mass is 16.5. The molecule has 0 saturated heterocycles. The Hall–Kier alpha value is -3.22. The third-order valence-electron chi connectivity index (χ3n) is 5.48. The number of hydrogen-bond donors (Lipinski definition) is 3. The molecule has 0 radical (unpaired) electrons. The van der Waals surface area contributed by atoms with Gasteiger partial charge in [-0.25, -0.2) is 4.79 Å². The minimum atomic E-state index is -0.734. The number of hydrogen-bond acceptors (Lipinski definition) is 7. The van der Waals surface area contributed by atoms with Crippen molar-refractivity contribution in [2.75, 3.05) is 7.11 Å². The molecule has 0 atom stereocenters. The SMILES string of the molecule is CCc1oc(=O)c(Cc2c(O)c(CC=C(C)C)c(O)c(C(=O)C(C)C)c2OC)c(O)c1C. The molecule has 32 heavy (non-hydrogen) atoms. The Kier molecular flexibility index (Phi) is 7.78. The number of carbonyl (C=O) groups is 1. The highest BCUT2D eigenvalue weighted by Gasteiger charge is 2.30. The van der Waals surface area contributed by atoms with Crippen LogP contribution in [0.25, 0.3) is 0 Å². The number of rotatable bonds is 8. The topological polar surface area (TPSA) is 117 Å². The smallest absolute Gasteiger partial charge is 0.343 e. The Balaban J connectivity index is 2.88. The lowest BCUT2D eigenvalue weighted by atomic mass is 9.89. The summed E-state index contributed by atoms with van der Waals surface area (Å²) in [6, 6.07) is 0. The Morgan fingerprint density at radius 2 is 1.69 bits per heavy atom. The molecule has 2 aromatic rings. The predicted octanol–water partition coefficient (Wildman–Crippen LogP) is 4.57. The Bertz CT molecular complexity index is 1120. The second-order valence-electron chi connectivity index (χ2n) is 8.36. The molecule has 0 spiro atoms. The Morgan fingerprint density at radius 3 is 2.19 bits per heavy atom. The van der Waals surface area contributed by atoms with Crippen molar-refractivity contribution in [3.8, 4) is 23.0 Å². The van der Waals surface area contributed by atoms with Crippen LogP contribution in [0.3, 0.4) is 0 Å². The lowest BCUT2D eigenvalue weighted by Gasteiger charge is -2.21. The van der Waals surface area contributed by atoms with Crippen LogP contribution >= 0.6 is 0 Å². The molecule has 0 aliphatic rings. The van der Waals surface area contributed by atoms with Crippen molar-refractivity contribution in [3.05, 3.63) is 55.6 Å². The van der Waals surface area contributed by atoms with Gasteiger partial charge >= 0.3 is 5.63 Å². The van der Waals surface area contributed by atoms with E-state index in [0.717, 1.165) is 5.57 Å². The van der Waals surface area contributed by atoms with E-state index in [9.17, 15) is 24.9 Å². The van der Waals surface area contributed by atoms with Gasteiger partial charge in [0.1, 0.15) is 34.3 Å². The summed E-state index contributed by atoms with van der Waals surface area (Å²) >= 11 is 0. The number of methoxy groups -OCH3 is 1. The first kappa shape index (κ1) is 25.0. The maximum Gasteiger partial charge on any atom is 0.343 e. The molecule has 0 bridgehead atoms. The van der Waals surface area contributed by atoms with Crippen molar-refractivity contribution >= 4 is 5.78 Å². The van der Waals surface area contributed by atoms with Gasteiger partial charge in [-0.2, -0.15) is 0 Å². The first-order valence-electron chi connectivity index (χ1n) is 10.6. The third-order valence-corrected chi connectivity index (χ3v) is 5.48. The molecule has 1 aromatic heterocycles. The standard InChI is InChI=1S/C25H32O7/c1-8-18-14(6)21(27)17(25(30)32-18)11-16-22(28)15(10-9-12(2)3)23(29)19(24(16)31-7)20(26)13(4)5/h9,13,27-29H,8,10-11H2,1-7H3. The maximum atomic E-state index is 13.0. The van der Waals surface area contributed by atoms with E-state index in [-0.39, 0.29) is 63.9 Å². The number of phenols is 2. The number of aryl methyl sites for hydroxylation is 1. The van der Waals surface area contributed by atoms with Gasteiger partial charge in [0.15, 0.2) is 5.78 Å². The fraction of sp³-hybridized carbons (Fsp3) is 0.440. The average Bonchev–Trinajstić information content (AvgIpc) is 2.73. The van der Waals surface area contributed by atoms with E-state index >= 15 is 0 Å². The van der Waals surface area contributed by atoms with E-state index in [0.29, 0.717) is 17.7 Å². The second-order valence-corrected chi connectivity index (χ2v) is 8.36. The van der Waals surface area contributed by atoms with E-state index in [4.69, 9.17) is 9.15 Å². The Labute approximate surface area is 188 Å². The van der Waals surface area contributed by atoms with Crippen molar-refractivity contribution in [1.82, 2.24) is 0 Å². The van der Waals surface area contributed by atoms with Crippen LogP contribution in [0.2, 0.25) is 0 Å². The summed E-state index contributed by atoms with van der Waals surface area (Å²) in [7, 11) is 1.32. The van der Waals surface area contributed by atoms with Gasteiger partial charge in [-0.1, -0.05) is 32.4 Å². The first-order valence-corrected chi connectivity index (χ1v) is 10.6. The van der Waals surface area contributed by atoms with Gasteiger partial charge in [0, 0.05) is 35.4 Å². The molecule has 1 heterocycles. The molecule has 2 rings (SSSR count). The van der Waals surface area contributed by atoms with Gasteiger partial charge in [-0.15, -0.1) is 0 Å². The number of phenolic OH excluding ortho intramolecular Hbond substituents is 2. The summed E-state index contributed by atoms with van der Waals surface area (Å²) < 4.78 is 10.8. The molecule has 0 aliphatic heterocycles. The lowest BCUT2D eigenvalue weighted by Crippen LogP contribution is -2.15. The van der Waals surface area contributed by atoms with E-state index in [1.807, 2.05) is 13.8 Å². The average molecular weight is 445 g/mol.